The highest BCUT2D eigenvalue weighted by atomic mass is 16.5. The molecule has 7 heteroatoms. The van der Waals surface area contributed by atoms with Gasteiger partial charge >= 0.3 is 0 Å². The van der Waals surface area contributed by atoms with Crippen LogP contribution in [0, 0.1) is 5.92 Å². The molecule has 158 valence electrons. The van der Waals surface area contributed by atoms with Crippen molar-refractivity contribution in [3.8, 4) is 11.5 Å². The molecule has 0 bridgehead atoms. The first-order chi connectivity index (χ1) is 13.8. The number of amides is 1. The molecule has 0 aliphatic heterocycles. The minimum absolute atomic E-state index is 0.0512. The van der Waals surface area contributed by atoms with Gasteiger partial charge in [0, 0.05) is 24.6 Å². The van der Waals surface area contributed by atoms with Gasteiger partial charge in [0.1, 0.15) is 0 Å². The topological polar surface area (TPSA) is 82.5 Å². The molecule has 1 saturated carbocycles. The zero-order chi connectivity index (χ0) is 21.0. The normalized spacial score (nSPS) is 21.7. The Morgan fingerprint density at radius 1 is 1.24 bits per heavy atom. The molecule has 1 aliphatic rings. The average Bonchev–Trinajstić information content (AvgIpc) is 2.71. The lowest BCUT2D eigenvalue weighted by Crippen LogP contribution is -2.48. The molecule has 1 aromatic carbocycles. The summed E-state index contributed by atoms with van der Waals surface area (Å²) in [5, 5.41) is 3.67. The molecule has 1 aliphatic carbocycles. The maximum atomic E-state index is 12.8. The Morgan fingerprint density at radius 2 is 1.90 bits per heavy atom. The predicted molar refractivity (Wildman–Crippen MR) is 113 cm³/mol. The molecule has 1 heterocycles. The fourth-order valence-corrected chi connectivity index (χ4v) is 3.98. The average molecular weight is 402 g/mol. The Morgan fingerprint density at radius 3 is 2.55 bits per heavy atom. The zero-order valence-corrected chi connectivity index (χ0v) is 17.8. The molecule has 2 aromatic rings. The number of ether oxygens (including phenoxy) is 2. The molecular formula is C22H31N3O4. The van der Waals surface area contributed by atoms with Crippen LogP contribution in [-0.4, -0.2) is 35.2 Å². The first-order valence-corrected chi connectivity index (χ1v) is 10.3. The maximum Gasteiger partial charge on any atom is 0.261 e. The molecular weight excluding hydrogens is 370 g/mol. The fraction of sp³-hybridized carbons (Fsp3) is 0.591. The van der Waals surface area contributed by atoms with Crippen molar-refractivity contribution in [3.05, 3.63) is 28.8 Å². The summed E-state index contributed by atoms with van der Waals surface area (Å²) in [7, 11) is 3.08. The van der Waals surface area contributed by atoms with Crippen molar-refractivity contribution >= 4 is 16.8 Å². The minimum Gasteiger partial charge on any atom is -0.493 e. The molecule has 1 aromatic heterocycles. The van der Waals surface area contributed by atoms with Crippen molar-refractivity contribution in [3.63, 3.8) is 0 Å². The van der Waals surface area contributed by atoms with E-state index in [1.54, 1.807) is 23.8 Å². The highest BCUT2D eigenvalue weighted by Gasteiger charge is 2.30. The number of methoxy groups -OCH3 is 2. The summed E-state index contributed by atoms with van der Waals surface area (Å²) < 4.78 is 12.1. The third-order valence-electron chi connectivity index (χ3n) is 5.95. The van der Waals surface area contributed by atoms with E-state index < -0.39 is 0 Å². The number of nitrogens with one attached hydrogen (secondary N) is 1. The van der Waals surface area contributed by atoms with Crippen molar-refractivity contribution in [2.75, 3.05) is 14.2 Å². The summed E-state index contributed by atoms with van der Waals surface area (Å²) in [6, 6.07) is 3.34. The molecule has 1 N–H and O–H groups in total. The van der Waals surface area contributed by atoms with Crippen molar-refractivity contribution in [2.45, 2.75) is 64.5 Å². The maximum absolute atomic E-state index is 12.8. The summed E-state index contributed by atoms with van der Waals surface area (Å²) in [6.45, 7) is 4.84. The van der Waals surface area contributed by atoms with Gasteiger partial charge in [-0.3, -0.25) is 14.2 Å². The zero-order valence-electron chi connectivity index (χ0n) is 17.8. The van der Waals surface area contributed by atoms with Gasteiger partial charge in [0.2, 0.25) is 5.91 Å². The third-order valence-corrected chi connectivity index (χ3v) is 5.95. The van der Waals surface area contributed by atoms with Crippen LogP contribution in [0.1, 0.15) is 52.4 Å². The molecule has 1 amide bonds. The lowest BCUT2D eigenvalue weighted by atomic mass is 9.78. The Hall–Kier alpha value is -2.57. The fourth-order valence-electron chi connectivity index (χ4n) is 3.98. The smallest absolute Gasteiger partial charge is 0.261 e. The predicted octanol–water partition coefficient (Wildman–Crippen LogP) is 3.28. The molecule has 0 atom stereocenters. The number of nitrogens with zero attached hydrogens (tertiary/aromatic N) is 2. The van der Waals surface area contributed by atoms with E-state index >= 15 is 0 Å². The van der Waals surface area contributed by atoms with Gasteiger partial charge in [-0.2, -0.15) is 0 Å². The quantitative estimate of drug-likeness (QED) is 0.770. The van der Waals surface area contributed by atoms with Gasteiger partial charge in [0.15, 0.2) is 11.5 Å². The SMILES string of the molecule is COc1cc2ncn(CCCC(=O)NC3(C)CCC(C)CC3)c(=O)c2cc1OC. The van der Waals surface area contributed by atoms with Crippen LogP contribution in [0.4, 0.5) is 0 Å². The number of benzene rings is 1. The number of hydrogen-bond donors (Lipinski definition) is 1. The molecule has 29 heavy (non-hydrogen) atoms. The molecule has 3 rings (SSSR count). The number of aromatic nitrogens is 2. The van der Waals surface area contributed by atoms with E-state index in [4.69, 9.17) is 9.47 Å². The standard InChI is InChI=1S/C22H31N3O4/c1-15-7-9-22(2,10-8-15)24-20(26)6-5-11-25-14-23-17-13-19(29-4)18(28-3)12-16(17)21(25)27/h12-15H,5-11H2,1-4H3,(H,24,26). The largest absolute Gasteiger partial charge is 0.493 e. The van der Waals surface area contributed by atoms with Crippen molar-refractivity contribution in [1.29, 1.82) is 0 Å². The summed E-state index contributed by atoms with van der Waals surface area (Å²) in [5.74, 6) is 1.82. The van der Waals surface area contributed by atoms with Crippen LogP contribution in [0.5, 0.6) is 11.5 Å². The van der Waals surface area contributed by atoms with Gasteiger partial charge in [0.05, 0.1) is 31.4 Å². The number of carbonyl (C=O) groups excluding carboxylic acids is 1. The molecule has 7 nitrogen and oxygen atoms in total. The highest BCUT2D eigenvalue weighted by molar-refractivity contribution is 5.81. The summed E-state index contributed by atoms with van der Waals surface area (Å²) in [4.78, 5) is 29.6. The van der Waals surface area contributed by atoms with E-state index in [2.05, 4.69) is 24.1 Å². The second kappa shape index (κ2) is 8.84. The van der Waals surface area contributed by atoms with Crippen molar-refractivity contribution in [2.24, 2.45) is 5.92 Å². The van der Waals surface area contributed by atoms with Gasteiger partial charge in [-0.15, -0.1) is 0 Å². The van der Waals surface area contributed by atoms with Gasteiger partial charge in [-0.25, -0.2) is 4.98 Å². The van der Waals surface area contributed by atoms with Crippen LogP contribution in [-0.2, 0) is 11.3 Å². The van der Waals surface area contributed by atoms with Gasteiger partial charge in [0.25, 0.3) is 5.56 Å². The molecule has 1 fully saturated rings. The molecule has 0 radical (unpaired) electrons. The second-order valence-electron chi connectivity index (χ2n) is 8.36. The first kappa shape index (κ1) is 21.1. The van der Waals surface area contributed by atoms with Crippen LogP contribution in [0.2, 0.25) is 0 Å². The van der Waals surface area contributed by atoms with Gasteiger partial charge in [-0.05, 0) is 51.0 Å². The van der Waals surface area contributed by atoms with Crippen LogP contribution < -0.4 is 20.3 Å². The third kappa shape index (κ3) is 4.89. The van der Waals surface area contributed by atoms with E-state index in [-0.39, 0.29) is 17.0 Å². The summed E-state index contributed by atoms with van der Waals surface area (Å²) >= 11 is 0. The van der Waals surface area contributed by atoms with Crippen LogP contribution in [0.3, 0.4) is 0 Å². The minimum atomic E-state index is -0.149. The number of rotatable bonds is 7. The Bertz CT molecular complexity index is 930. The van der Waals surface area contributed by atoms with E-state index in [1.165, 1.54) is 13.4 Å². The van der Waals surface area contributed by atoms with Crippen LogP contribution >= 0.6 is 0 Å². The lowest BCUT2D eigenvalue weighted by molar-refractivity contribution is -0.123. The summed E-state index contributed by atoms with van der Waals surface area (Å²) in [5.41, 5.74) is 0.311. The van der Waals surface area contributed by atoms with Crippen molar-refractivity contribution < 1.29 is 14.3 Å². The van der Waals surface area contributed by atoms with E-state index in [9.17, 15) is 9.59 Å². The highest BCUT2D eigenvalue weighted by Crippen LogP contribution is 2.31. The van der Waals surface area contributed by atoms with Gasteiger partial charge in [-0.1, -0.05) is 6.92 Å². The summed E-state index contributed by atoms with van der Waals surface area (Å²) in [6.07, 6.45) is 6.86. The van der Waals surface area contributed by atoms with Crippen molar-refractivity contribution in [1.82, 2.24) is 14.9 Å². The monoisotopic (exact) mass is 401 g/mol. The molecule has 0 saturated heterocycles. The van der Waals surface area contributed by atoms with Gasteiger partial charge < -0.3 is 14.8 Å². The number of hydrogen-bond acceptors (Lipinski definition) is 5. The molecule has 0 spiro atoms. The van der Waals surface area contributed by atoms with E-state index in [0.717, 1.165) is 31.6 Å². The number of fused-ring (bicyclic) bond motifs is 1. The lowest BCUT2D eigenvalue weighted by Gasteiger charge is -2.37. The second-order valence-corrected chi connectivity index (χ2v) is 8.36. The molecule has 0 unspecified atom stereocenters. The van der Waals surface area contributed by atoms with E-state index in [1.807, 2.05) is 0 Å². The van der Waals surface area contributed by atoms with Crippen LogP contribution in [0.25, 0.3) is 10.9 Å². The number of aryl methyl sites for hydroxylation is 1. The number of carbonyl (C=O) groups is 1. The van der Waals surface area contributed by atoms with Crippen LogP contribution in [0.15, 0.2) is 23.3 Å². The Balaban J connectivity index is 1.62. The first-order valence-electron chi connectivity index (χ1n) is 10.3. The van der Waals surface area contributed by atoms with E-state index in [0.29, 0.717) is 41.8 Å². The Kier molecular flexibility index (Phi) is 6.45. The Labute approximate surface area is 171 Å².